The summed E-state index contributed by atoms with van der Waals surface area (Å²) in [6, 6.07) is 7.49. The van der Waals surface area contributed by atoms with E-state index >= 15 is 0 Å². The number of aromatic nitrogens is 1. The minimum Gasteiger partial charge on any atom is -0.477 e. The van der Waals surface area contributed by atoms with Gasteiger partial charge in [0.25, 0.3) is 0 Å². The summed E-state index contributed by atoms with van der Waals surface area (Å²) in [5, 5.41) is 4.61. The van der Waals surface area contributed by atoms with E-state index in [9.17, 15) is 4.79 Å². The molecule has 1 fully saturated rings. The van der Waals surface area contributed by atoms with Gasteiger partial charge in [0, 0.05) is 29.8 Å². The van der Waals surface area contributed by atoms with Gasteiger partial charge in [-0.1, -0.05) is 0 Å². The number of hydrogen-bond acceptors (Lipinski definition) is 5. The van der Waals surface area contributed by atoms with E-state index in [-0.39, 0.29) is 0 Å². The summed E-state index contributed by atoms with van der Waals surface area (Å²) < 4.78 is 16.5. The van der Waals surface area contributed by atoms with Crippen LogP contribution in [0.15, 0.2) is 30.5 Å². The maximum Gasteiger partial charge on any atom is 0.412 e. The van der Waals surface area contributed by atoms with Crippen molar-refractivity contribution in [3.8, 4) is 5.88 Å². The molecule has 0 radical (unpaired) electrons. The zero-order chi connectivity index (χ0) is 17.9. The van der Waals surface area contributed by atoms with Crippen molar-refractivity contribution >= 4 is 22.6 Å². The molecule has 2 heterocycles. The lowest BCUT2D eigenvalue weighted by atomic mass is 10.1. The van der Waals surface area contributed by atoms with Crippen molar-refractivity contribution in [1.82, 2.24) is 4.98 Å². The predicted octanol–water partition coefficient (Wildman–Crippen LogP) is 4.00. The third-order valence-electron chi connectivity index (χ3n) is 3.85. The van der Waals surface area contributed by atoms with Crippen LogP contribution in [-0.2, 0) is 9.47 Å². The highest BCUT2D eigenvalue weighted by molar-refractivity contribution is 5.93. The molecule has 1 aliphatic heterocycles. The first-order chi connectivity index (χ1) is 11.9. The van der Waals surface area contributed by atoms with Crippen molar-refractivity contribution in [3.63, 3.8) is 0 Å². The van der Waals surface area contributed by atoms with Crippen molar-refractivity contribution in [2.24, 2.45) is 5.92 Å². The number of hydrogen-bond donors (Lipinski definition) is 1. The zero-order valence-electron chi connectivity index (χ0n) is 14.9. The zero-order valence-corrected chi connectivity index (χ0v) is 14.9. The van der Waals surface area contributed by atoms with E-state index in [0.29, 0.717) is 24.1 Å². The van der Waals surface area contributed by atoms with Crippen LogP contribution in [-0.4, -0.2) is 36.5 Å². The van der Waals surface area contributed by atoms with Crippen molar-refractivity contribution in [3.05, 3.63) is 30.5 Å². The van der Waals surface area contributed by atoms with Crippen molar-refractivity contribution < 1.29 is 19.0 Å². The molecule has 1 atom stereocenters. The Hall–Kier alpha value is -2.34. The van der Waals surface area contributed by atoms with Crippen LogP contribution in [0.5, 0.6) is 5.88 Å². The molecule has 0 bridgehead atoms. The van der Waals surface area contributed by atoms with Gasteiger partial charge < -0.3 is 14.2 Å². The van der Waals surface area contributed by atoms with Crippen LogP contribution >= 0.6 is 0 Å². The Morgan fingerprint density at radius 2 is 2.20 bits per heavy atom. The second kappa shape index (κ2) is 7.27. The van der Waals surface area contributed by atoms with Gasteiger partial charge in [-0.2, -0.15) is 0 Å². The summed E-state index contributed by atoms with van der Waals surface area (Å²) in [5.74, 6) is 1.03. The standard InChI is InChI=1S/C19H24N2O4/c1-19(2,3)25-18(22)21-15-4-5-16-14(10-15)6-8-20-17(16)24-12-13-7-9-23-11-13/h4-6,8,10,13H,7,9,11-12H2,1-3H3,(H,21,22)/t13-/m0/s1. The van der Waals surface area contributed by atoms with Gasteiger partial charge in [0.1, 0.15) is 5.60 Å². The topological polar surface area (TPSA) is 69.7 Å². The quantitative estimate of drug-likeness (QED) is 0.908. The van der Waals surface area contributed by atoms with E-state index in [2.05, 4.69) is 10.3 Å². The van der Waals surface area contributed by atoms with Gasteiger partial charge in [-0.05, 0) is 56.8 Å². The van der Waals surface area contributed by atoms with E-state index in [1.807, 2.05) is 45.0 Å². The van der Waals surface area contributed by atoms with Crippen LogP contribution in [0.25, 0.3) is 10.8 Å². The molecular weight excluding hydrogens is 320 g/mol. The number of pyridine rings is 1. The number of amides is 1. The highest BCUT2D eigenvalue weighted by Crippen LogP contribution is 2.27. The highest BCUT2D eigenvalue weighted by atomic mass is 16.6. The van der Waals surface area contributed by atoms with Gasteiger partial charge in [0.15, 0.2) is 0 Å². The molecule has 1 amide bonds. The molecule has 1 N–H and O–H groups in total. The largest absolute Gasteiger partial charge is 0.477 e. The second-order valence-electron chi connectivity index (χ2n) is 7.22. The number of carbonyl (C=O) groups is 1. The molecule has 2 aromatic rings. The van der Waals surface area contributed by atoms with Gasteiger partial charge in [0.2, 0.25) is 5.88 Å². The maximum absolute atomic E-state index is 11.9. The molecule has 25 heavy (non-hydrogen) atoms. The molecule has 134 valence electrons. The highest BCUT2D eigenvalue weighted by Gasteiger charge is 2.18. The van der Waals surface area contributed by atoms with Crippen LogP contribution in [0.3, 0.4) is 0 Å². The van der Waals surface area contributed by atoms with Crippen LogP contribution in [0, 0.1) is 5.92 Å². The molecule has 1 aromatic carbocycles. The average Bonchev–Trinajstić information content (AvgIpc) is 3.04. The first kappa shape index (κ1) is 17.5. The summed E-state index contributed by atoms with van der Waals surface area (Å²) in [7, 11) is 0. The minimum atomic E-state index is -0.532. The van der Waals surface area contributed by atoms with E-state index < -0.39 is 11.7 Å². The van der Waals surface area contributed by atoms with E-state index in [1.54, 1.807) is 6.20 Å². The summed E-state index contributed by atoms with van der Waals surface area (Å²) in [5.41, 5.74) is 0.138. The van der Waals surface area contributed by atoms with Crippen LogP contribution in [0.4, 0.5) is 10.5 Å². The van der Waals surface area contributed by atoms with E-state index in [4.69, 9.17) is 14.2 Å². The van der Waals surface area contributed by atoms with E-state index in [0.717, 1.165) is 30.4 Å². The number of benzene rings is 1. The van der Waals surface area contributed by atoms with Gasteiger partial charge in [-0.3, -0.25) is 5.32 Å². The van der Waals surface area contributed by atoms with E-state index in [1.165, 1.54) is 0 Å². The van der Waals surface area contributed by atoms with Crippen LogP contribution < -0.4 is 10.1 Å². The van der Waals surface area contributed by atoms with Gasteiger partial charge >= 0.3 is 6.09 Å². The van der Waals surface area contributed by atoms with Gasteiger partial charge in [-0.25, -0.2) is 9.78 Å². The summed E-state index contributed by atoms with van der Waals surface area (Å²) in [6.45, 7) is 7.64. The molecule has 1 aromatic heterocycles. The second-order valence-corrected chi connectivity index (χ2v) is 7.22. The SMILES string of the molecule is CC(C)(C)OC(=O)Nc1ccc2c(OC[C@H]3CCOC3)nccc2c1. The first-order valence-corrected chi connectivity index (χ1v) is 8.50. The number of nitrogens with one attached hydrogen (secondary N) is 1. The number of rotatable bonds is 4. The summed E-state index contributed by atoms with van der Waals surface area (Å²) >= 11 is 0. The number of fused-ring (bicyclic) bond motifs is 1. The molecule has 3 rings (SSSR count). The lowest BCUT2D eigenvalue weighted by Crippen LogP contribution is -2.27. The fraction of sp³-hybridized carbons (Fsp3) is 0.474. The fourth-order valence-electron chi connectivity index (χ4n) is 2.68. The van der Waals surface area contributed by atoms with Crippen LogP contribution in [0.1, 0.15) is 27.2 Å². The normalized spacial score (nSPS) is 17.5. The Morgan fingerprint density at radius 3 is 2.92 bits per heavy atom. The van der Waals surface area contributed by atoms with Gasteiger partial charge in [-0.15, -0.1) is 0 Å². The number of carbonyl (C=O) groups excluding carboxylic acids is 1. The predicted molar refractivity (Wildman–Crippen MR) is 96.0 cm³/mol. The Balaban J connectivity index is 1.71. The molecule has 1 saturated heterocycles. The molecule has 0 saturated carbocycles. The van der Waals surface area contributed by atoms with Crippen molar-refractivity contribution in [1.29, 1.82) is 0 Å². The number of nitrogens with zero attached hydrogens (tertiary/aromatic N) is 1. The van der Waals surface area contributed by atoms with Crippen molar-refractivity contribution in [2.45, 2.75) is 32.8 Å². The Kier molecular flexibility index (Phi) is 5.08. The lowest BCUT2D eigenvalue weighted by molar-refractivity contribution is 0.0636. The van der Waals surface area contributed by atoms with Gasteiger partial charge in [0.05, 0.1) is 13.2 Å². The average molecular weight is 344 g/mol. The molecule has 1 aliphatic rings. The van der Waals surface area contributed by atoms with Crippen molar-refractivity contribution in [2.75, 3.05) is 25.1 Å². The molecule has 0 unspecified atom stereocenters. The molecule has 0 aliphatic carbocycles. The monoisotopic (exact) mass is 344 g/mol. The lowest BCUT2D eigenvalue weighted by Gasteiger charge is -2.19. The summed E-state index contributed by atoms with van der Waals surface area (Å²) in [6.07, 6.45) is 2.26. The molecule has 6 nitrogen and oxygen atoms in total. The molecule has 6 heteroatoms. The number of ether oxygens (including phenoxy) is 3. The van der Waals surface area contributed by atoms with Crippen LogP contribution in [0.2, 0.25) is 0 Å². The Labute approximate surface area is 147 Å². The maximum atomic E-state index is 11.9. The third kappa shape index (κ3) is 4.82. The molecule has 0 spiro atoms. The fourth-order valence-corrected chi connectivity index (χ4v) is 2.68. The first-order valence-electron chi connectivity index (χ1n) is 8.50. The smallest absolute Gasteiger partial charge is 0.412 e. The summed E-state index contributed by atoms with van der Waals surface area (Å²) in [4.78, 5) is 16.2. The Bertz CT molecular complexity index is 749. The Morgan fingerprint density at radius 1 is 1.36 bits per heavy atom. The third-order valence-corrected chi connectivity index (χ3v) is 3.85. The molecular formula is C19H24N2O4. The number of anilines is 1. The minimum absolute atomic E-state index is 0.421.